The molecule has 1 saturated carbocycles. The van der Waals surface area contributed by atoms with E-state index in [9.17, 15) is 10.1 Å². The van der Waals surface area contributed by atoms with Gasteiger partial charge in [-0.3, -0.25) is 0 Å². The SMILES string of the molecule is O=[N+]([O-])c1c(NCCCOCC2CC2)nc2sccn12. The molecule has 0 radical (unpaired) electrons. The maximum Gasteiger partial charge on any atom is 0.372 e. The number of rotatable bonds is 8. The Morgan fingerprint density at radius 1 is 1.60 bits per heavy atom. The van der Waals surface area contributed by atoms with Crippen LogP contribution < -0.4 is 5.32 Å². The fraction of sp³-hybridized carbons (Fsp3) is 0.583. The largest absolute Gasteiger partial charge is 0.381 e. The highest BCUT2D eigenvalue weighted by Crippen LogP contribution is 2.29. The summed E-state index contributed by atoms with van der Waals surface area (Å²) in [5.74, 6) is 1.10. The molecular weight excluding hydrogens is 280 g/mol. The molecule has 108 valence electrons. The summed E-state index contributed by atoms with van der Waals surface area (Å²) in [5.41, 5.74) is 0. The van der Waals surface area contributed by atoms with Crippen molar-refractivity contribution in [2.75, 3.05) is 25.1 Å². The average molecular weight is 296 g/mol. The number of nitrogens with one attached hydrogen (secondary N) is 1. The number of ether oxygens (including phenoxy) is 1. The second-order valence-corrected chi connectivity index (χ2v) is 5.77. The van der Waals surface area contributed by atoms with Crippen molar-refractivity contribution < 1.29 is 9.66 Å². The van der Waals surface area contributed by atoms with Crippen molar-refractivity contribution in [3.05, 3.63) is 21.7 Å². The molecule has 1 aliphatic carbocycles. The molecule has 0 atom stereocenters. The van der Waals surface area contributed by atoms with Crippen LogP contribution in [-0.2, 0) is 4.74 Å². The van der Waals surface area contributed by atoms with Crippen molar-refractivity contribution >= 4 is 27.9 Å². The fourth-order valence-electron chi connectivity index (χ4n) is 1.98. The molecule has 2 heterocycles. The van der Waals surface area contributed by atoms with Gasteiger partial charge in [-0.05, 0) is 30.1 Å². The summed E-state index contributed by atoms with van der Waals surface area (Å²) >= 11 is 1.38. The Kier molecular flexibility index (Phi) is 3.83. The summed E-state index contributed by atoms with van der Waals surface area (Å²) in [7, 11) is 0. The number of thiazole rings is 1. The monoisotopic (exact) mass is 296 g/mol. The van der Waals surface area contributed by atoms with Crippen LogP contribution in [0.1, 0.15) is 19.3 Å². The zero-order chi connectivity index (χ0) is 13.9. The van der Waals surface area contributed by atoms with Crippen LogP contribution in [0.2, 0.25) is 0 Å². The molecule has 0 saturated heterocycles. The van der Waals surface area contributed by atoms with Crippen molar-refractivity contribution in [2.24, 2.45) is 5.92 Å². The first-order chi connectivity index (χ1) is 9.75. The lowest BCUT2D eigenvalue weighted by Gasteiger charge is -2.04. The first kappa shape index (κ1) is 13.3. The highest BCUT2D eigenvalue weighted by molar-refractivity contribution is 7.15. The maximum atomic E-state index is 11.1. The Labute approximate surface area is 119 Å². The van der Waals surface area contributed by atoms with E-state index in [4.69, 9.17) is 4.74 Å². The Morgan fingerprint density at radius 2 is 2.45 bits per heavy atom. The quantitative estimate of drug-likeness (QED) is 0.460. The number of nitrogens with zero attached hydrogens (tertiary/aromatic N) is 3. The van der Waals surface area contributed by atoms with E-state index in [0.717, 1.165) is 18.9 Å². The molecule has 0 unspecified atom stereocenters. The Hall–Kier alpha value is -1.67. The summed E-state index contributed by atoms with van der Waals surface area (Å²) < 4.78 is 7.02. The minimum absolute atomic E-state index is 0.000138. The molecule has 20 heavy (non-hydrogen) atoms. The van der Waals surface area contributed by atoms with E-state index < -0.39 is 4.92 Å². The van der Waals surface area contributed by atoms with Crippen LogP contribution in [0, 0.1) is 16.0 Å². The first-order valence-corrected chi connectivity index (χ1v) is 7.55. The van der Waals surface area contributed by atoms with Crippen LogP contribution in [-0.4, -0.2) is 34.1 Å². The van der Waals surface area contributed by atoms with E-state index in [1.54, 1.807) is 11.6 Å². The Bertz CT molecular complexity index is 605. The van der Waals surface area contributed by atoms with E-state index in [0.29, 0.717) is 23.9 Å². The first-order valence-electron chi connectivity index (χ1n) is 6.67. The van der Waals surface area contributed by atoms with Gasteiger partial charge in [0, 0.05) is 25.1 Å². The normalized spacial score (nSPS) is 14.8. The number of fused-ring (bicyclic) bond motifs is 1. The van der Waals surface area contributed by atoms with Crippen LogP contribution in [0.4, 0.5) is 11.6 Å². The van der Waals surface area contributed by atoms with Crippen molar-refractivity contribution in [1.82, 2.24) is 9.38 Å². The number of imidazole rings is 1. The third-order valence-corrected chi connectivity index (χ3v) is 3.97. The van der Waals surface area contributed by atoms with Gasteiger partial charge in [0.15, 0.2) is 0 Å². The van der Waals surface area contributed by atoms with Crippen molar-refractivity contribution in [2.45, 2.75) is 19.3 Å². The molecular formula is C12H16N4O3S. The molecule has 0 amide bonds. The third-order valence-electron chi connectivity index (χ3n) is 3.22. The zero-order valence-corrected chi connectivity index (χ0v) is 11.8. The number of anilines is 1. The molecule has 0 spiro atoms. The summed E-state index contributed by atoms with van der Waals surface area (Å²) in [4.78, 5) is 15.6. The van der Waals surface area contributed by atoms with Gasteiger partial charge in [0.1, 0.15) is 6.20 Å². The van der Waals surface area contributed by atoms with Gasteiger partial charge in [-0.1, -0.05) is 11.3 Å². The second-order valence-electron chi connectivity index (χ2n) is 4.90. The molecule has 1 aliphatic rings. The summed E-state index contributed by atoms with van der Waals surface area (Å²) in [5, 5.41) is 15.9. The highest BCUT2D eigenvalue weighted by atomic mass is 32.1. The lowest BCUT2D eigenvalue weighted by atomic mass is 10.4. The van der Waals surface area contributed by atoms with Gasteiger partial charge in [0.05, 0.1) is 0 Å². The van der Waals surface area contributed by atoms with Gasteiger partial charge in [0.2, 0.25) is 5.82 Å². The Morgan fingerprint density at radius 3 is 3.20 bits per heavy atom. The molecule has 0 aliphatic heterocycles. The van der Waals surface area contributed by atoms with Crippen LogP contribution in [0.5, 0.6) is 0 Å². The summed E-state index contributed by atoms with van der Waals surface area (Å²) in [6, 6.07) is 0. The molecule has 0 aromatic carbocycles. The molecule has 2 aromatic heterocycles. The maximum absolute atomic E-state index is 11.1. The van der Waals surface area contributed by atoms with E-state index in [-0.39, 0.29) is 5.82 Å². The minimum Gasteiger partial charge on any atom is -0.381 e. The second kappa shape index (κ2) is 5.76. The Balaban J connectivity index is 1.52. The number of aromatic nitrogens is 2. The lowest BCUT2D eigenvalue weighted by Crippen LogP contribution is -2.08. The van der Waals surface area contributed by atoms with Crippen molar-refractivity contribution in [3.63, 3.8) is 0 Å². The van der Waals surface area contributed by atoms with Crippen LogP contribution in [0.3, 0.4) is 0 Å². The highest BCUT2D eigenvalue weighted by Gasteiger charge is 2.23. The lowest BCUT2D eigenvalue weighted by molar-refractivity contribution is -0.389. The van der Waals surface area contributed by atoms with Crippen LogP contribution in [0.25, 0.3) is 4.96 Å². The standard InChI is InChI=1S/C12H16N4O3S/c17-16(18)11-10(14-12-15(11)5-7-20-12)13-4-1-6-19-8-9-2-3-9/h5,7,9,13H,1-4,6,8H2. The van der Waals surface area contributed by atoms with Gasteiger partial charge in [-0.15, -0.1) is 0 Å². The molecule has 2 aromatic rings. The van der Waals surface area contributed by atoms with Gasteiger partial charge >= 0.3 is 5.82 Å². The number of hydrogen-bond donors (Lipinski definition) is 1. The van der Waals surface area contributed by atoms with Crippen LogP contribution in [0.15, 0.2) is 11.6 Å². The van der Waals surface area contributed by atoms with Crippen LogP contribution >= 0.6 is 11.3 Å². The van der Waals surface area contributed by atoms with Gasteiger partial charge < -0.3 is 20.2 Å². The van der Waals surface area contributed by atoms with Gasteiger partial charge in [-0.25, -0.2) is 0 Å². The van der Waals surface area contributed by atoms with Gasteiger partial charge in [0.25, 0.3) is 4.96 Å². The van der Waals surface area contributed by atoms with E-state index in [2.05, 4.69) is 10.3 Å². The predicted molar refractivity (Wildman–Crippen MR) is 76.4 cm³/mol. The van der Waals surface area contributed by atoms with E-state index >= 15 is 0 Å². The smallest absolute Gasteiger partial charge is 0.372 e. The summed E-state index contributed by atoms with van der Waals surface area (Å²) in [6.45, 7) is 2.15. The number of hydrogen-bond acceptors (Lipinski definition) is 6. The molecule has 3 rings (SSSR count). The molecule has 8 heteroatoms. The molecule has 0 bridgehead atoms. The van der Waals surface area contributed by atoms with Crippen molar-refractivity contribution in [3.8, 4) is 0 Å². The third kappa shape index (κ3) is 2.91. The van der Waals surface area contributed by atoms with Crippen molar-refractivity contribution in [1.29, 1.82) is 0 Å². The zero-order valence-electron chi connectivity index (χ0n) is 10.9. The van der Waals surface area contributed by atoms with Gasteiger partial charge in [-0.2, -0.15) is 9.38 Å². The predicted octanol–water partition coefficient (Wildman–Crippen LogP) is 2.53. The molecule has 7 nitrogen and oxygen atoms in total. The average Bonchev–Trinajstić information content (AvgIpc) is 3.00. The topological polar surface area (TPSA) is 81.7 Å². The van der Waals surface area contributed by atoms with E-state index in [1.165, 1.54) is 28.6 Å². The number of nitro groups is 1. The van der Waals surface area contributed by atoms with E-state index in [1.807, 2.05) is 0 Å². The molecule has 1 fully saturated rings. The molecule has 1 N–H and O–H groups in total. The minimum atomic E-state index is -0.404. The summed E-state index contributed by atoms with van der Waals surface area (Å²) in [6.07, 6.45) is 5.05. The fourth-order valence-corrected chi connectivity index (χ4v) is 2.69.